The minimum atomic E-state index is -0.111. The maximum atomic E-state index is 11.1. The van der Waals surface area contributed by atoms with Crippen LogP contribution in [0.1, 0.15) is 31.4 Å². The van der Waals surface area contributed by atoms with Crippen molar-refractivity contribution in [1.82, 2.24) is 10.4 Å². The Balaban J connectivity index is 0.00000176. The van der Waals surface area contributed by atoms with Crippen molar-refractivity contribution in [3.8, 4) is 11.1 Å². The predicted octanol–water partition coefficient (Wildman–Crippen LogP) is 2.60. The summed E-state index contributed by atoms with van der Waals surface area (Å²) in [5.41, 5.74) is 7.44. The molecule has 0 atom stereocenters. The molecule has 2 heterocycles. The molecule has 114 valence electrons. The number of hydrogen-bond acceptors (Lipinski definition) is 3. The smallest absolute Gasteiger partial charge is 0.247 e. The molecule has 1 aliphatic rings. The standard InChI is InChI=1S/C16H15N3O2.CH4/c1-10-8-11(14-5-7-16(21)19-18-14)2-4-13(10)12-3-6-15(20)17-9-12;/h2-4,6,8-9H,5,7H2,1H3,(H,17,20)(H,19,21);1H4. The fourth-order valence-corrected chi connectivity index (χ4v) is 2.43. The Morgan fingerprint density at radius 1 is 1.05 bits per heavy atom. The van der Waals surface area contributed by atoms with Crippen molar-refractivity contribution in [2.45, 2.75) is 27.2 Å². The summed E-state index contributed by atoms with van der Waals surface area (Å²) in [6, 6.07) is 9.38. The van der Waals surface area contributed by atoms with Crippen molar-refractivity contribution in [1.29, 1.82) is 0 Å². The first-order chi connectivity index (χ1) is 10.1. The van der Waals surface area contributed by atoms with Gasteiger partial charge in [0.25, 0.3) is 0 Å². The van der Waals surface area contributed by atoms with Crippen molar-refractivity contribution in [2.75, 3.05) is 0 Å². The highest BCUT2D eigenvalue weighted by atomic mass is 16.2. The van der Waals surface area contributed by atoms with Gasteiger partial charge in [-0.15, -0.1) is 0 Å². The molecule has 0 fully saturated rings. The van der Waals surface area contributed by atoms with E-state index in [9.17, 15) is 9.59 Å². The molecule has 22 heavy (non-hydrogen) atoms. The molecule has 2 N–H and O–H groups in total. The van der Waals surface area contributed by atoms with Crippen LogP contribution in [0.2, 0.25) is 0 Å². The molecule has 0 unspecified atom stereocenters. The largest absolute Gasteiger partial charge is 0.328 e. The fourth-order valence-electron chi connectivity index (χ4n) is 2.43. The summed E-state index contributed by atoms with van der Waals surface area (Å²) in [5, 5.41) is 4.11. The zero-order valence-electron chi connectivity index (χ0n) is 11.6. The lowest BCUT2D eigenvalue weighted by Gasteiger charge is -2.14. The number of nitrogens with zero attached hydrogens (tertiary/aromatic N) is 1. The van der Waals surface area contributed by atoms with E-state index in [0.29, 0.717) is 12.8 Å². The molecule has 0 bridgehead atoms. The molecule has 0 spiro atoms. The van der Waals surface area contributed by atoms with Crippen LogP contribution in [-0.2, 0) is 4.79 Å². The molecule has 5 nitrogen and oxygen atoms in total. The van der Waals surface area contributed by atoms with Crippen LogP contribution in [0.3, 0.4) is 0 Å². The highest BCUT2D eigenvalue weighted by Gasteiger charge is 2.14. The van der Waals surface area contributed by atoms with E-state index in [-0.39, 0.29) is 18.9 Å². The zero-order valence-corrected chi connectivity index (χ0v) is 11.6. The zero-order chi connectivity index (χ0) is 14.8. The maximum Gasteiger partial charge on any atom is 0.247 e. The lowest BCUT2D eigenvalue weighted by atomic mass is 9.96. The molecule has 0 aliphatic carbocycles. The van der Waals surface area contributed by atoms with E-state index in [1.165, 1.54) is 6.07 Å². The molecule has 2 aromatic rings. The van der Waals surface area contributed by atoms with Gasteiger partial charge in [0.15, 0.2) is 0 Å². The number of rotatable bonds is 2. The molecular formula is C17H19N3O2. The maximum absolute atomic E-state index is 11.1. The van der Waals surface area contributed by atoms with Crippen molar-refractivity contribution in [2.24, 2.45) is 5.10 Å². The number of aromatic nitrogens is 1. The van der Waals surface area contributed by atoms with Gasteiger partial charge in [-0.25, -0.2) is 5.43 Å². The van der Waals surface area contributed by atoms with Crippen LogP contribution in [0.5, 0.6) is 0 Å². The number of H-pyrrole nitrogens is 1. The van der Waals surface area contributed by atoms with Crippen LogP contribution >= 0.6 is 0 Å². The van der Waals surface area contributed by atoms with E-state index in [1.807, 2.05) is 19.1 Å². The van der Waals surface area contributed by atoms with Gasteiger partial charge in [0, 0.05) is 25.1 Å². The topological polar surface area (TPSA) is 74.3 Å². The second-order valence-corrected chi connectivity index (χ2v) is 5.06. The molecular weight excluding hydrogens is 278 g/mol. The van der Waals surface area contributed by atoms with Gasteiger partial charge in [0.1, 0.15) is 0 Å². The number of aryl methyl sites for hydroxylation is 1. The average Bonchev–Trinajstić information content (AvgIpc) is 2.49. The number of carbonyl (C=O) groups excluding carboxylic acids is 1. The Labute approximate surface area is 129 Å². The van der Waals surface area contributed by atoms with Crippen molar-refractivity contribution in [3.63, 3.8) is 0 Å². The minimum Gasteiger partial charge on any atom is -0.328 e. The average molecular weight is 297 g/mol. The summed E-state index contributed by atoms with van der Waals surface area (Å²) in [6.07, 6.45) is 2.84. The number of hydrazone groups is 1. The third kappa shape index (κ3) is 3.14. The third-order valence-corrected chi connectivity index (χ3v) is 3.56. The van der Waals surface area contributed by atoms with Gasteiger partial charge >= 0.3 is 0 Å². The molecule has 3 rings (SSSR count). The second-order valence-electron chi connectivity index (χ2n) is 5.06. The first-order valence-corrected chi connectivity index (χ1v) is 6.79. The summed E-state index contributed by atoms with van der Waals surface area (Å²) in [5.74, 6) is -0.0414. The number of pyridine rings is 1. The lowest BCUT2D eigenvalue weighted by Crippen LogP contribution is -2.25. The van der Waals surface area contributed by atoms with Gasteiger partial charge in [0.2, 0.25) is 11.5 Å². The van der Waals surface area contributed by atoms with Crippen LogP contribution in [0.25, 0.3) is 11.1 Å². The molecule has 1 aromatic carbocycles. The van der Waals surface area contributed by atoms with Crippen molar-refractivity contribution >= 4 is 11.6 Å². The van der Waals surface area contributed by atoms with Gasteiger partial charge in [0.05, 0.1) is 5.71 Å². The van der Waals surface area contributed by atoms with E-state index in [0.717, 1.165) is 28.0 Å². The Morgan fingerprint density at radius 2 is 1.82 bits per heavy atom. The van der Waals surface area contributed by atoms with E-state index in [1.54, 1.807) is 12.3 Å². The Hall–Kier alpha value is -2.69. The molecule has 0 saturated heterocycles. The second kappa shape index (κ2) is 6.39. The summed E-state index contributed by atoms with van der Waals surface area (Å²) in [6.45, 7) is 2.02. The van der Waals surface area contributed by atoms with Gasteiger partial charge in [-0.3, -0.25) is 9.59 Å². The molecule has 1 amide bonds. The molecule has 0 saturated carbocycles. The van der Waals surface area contributed by atoms with Gasteiger partial charge in [-0.1, -0.05) is 19.6 Å². The molecule has 1 aromatic heterocycles. The fraction of sp³-hybridized carbons (Fsp3) is 0.235. The summed E-state index contributed by atoms with van der Waals surface area (Å²) in [7, 11) is 0. The Bertz CT molecular complexity index is 770. The Kier molecular flexibility index (Phi) is 4.56. The molecule has 0 radical (unpaired) electrons. The third-order valence-electron chi connectivity index (χ3n) is 3.56. The highest BCUT2D eigenvalue weighted by Crippen LogP contribution is 2.24. The Morgan fingerprint density at radius 3 is 2.41 bits per heavy atom. The quantitative estimate of drug-likeness (QED) is 0.894. The van der Waals surface area contributed by atoms with Crippen LogP contribution in [0, 0.1) is 6.92 Å². The number of aromatic amines is 1. The predicted molar refractivity (Wildman–Crippen MR) is 87.9 cm³/mol. The highest BCUT2D eigenvalue weighted by molar-refractivity contribution is 6.04. The summed E-state index contributed by atoms with van der Waals surface area (Å²) in [4.78, 5) is 24.9. The number of benzene rings is 1. The summed E-state index contributed by atoms with van der Waals surface area (Å²) >= 11 is 0. The normalized spacial score (nSPS) is 13.9. The summed E-state index contributed by atoms with van der Waals surface area (Å²) < 4.78 is 0. The molecule has 5 heteroatoms. The first-order valence-electron chi connectivity index (χ1n) is 6.79. The molecule has 1 aliphatic heterocycles. The first kappa shape index (κ1) is 15.7. The van der Waals surface area contributed by atoms with Gasteiger partial charge < -0.3 is 4.98 Å². The van der Waals surface area contributed by atoms with E-state index in [2.05, 4.69) is 21.6 Å². The van der Waals surface area contributed by atoms with Crippen molar-refractivity contribution < 1.29 is 4.79 Å². The SMILES string of the molecule is C.Cc1cc(C2=NNC(=O)CC2)ccc1-c1ccc(=O)[nH]c1. The van der Waals surface area contributed by atoms with E-state index >= 15 is 0 Å². The van der Waals surface area contributed by atoms with Gasteiger partial charge in [-0.05, 0) is 41.3 Å². The number of carbonyl (C=O) groups is 1. The van der Waals surface area contributed by atoms with Gasteiger partial charge in [-0.2, -0.15) is 5.10 Å². The van der Waals surface area contributed by atoms with Crippen LogP contribution in [0.15, 0.2) is 46.4 Å². The monoisotopic (exact) mass is 297 g/mol. The van der Waals surface area contributed by atoms with Crippen LogP contribution < -0.4 is 11.0 Å². The minimum absolute atomic E-state index is 0. The van der Waals surface area contributed by atoms with Crippen LogP contribution in [0.4, 0.5) is 0 Å². The number of nitrogens with one attached hydrogen (secondary N) is 2. The number of amides is 1. The van der Waals surface area contributed by atoms with Crippen LogP contribution in [-0.4, -0.2) is 16.6 Å². The van der Waals surface area contributed by atoms with E-state index in [4.69, 9.17) is 0 Å². The lowest BCUT2D eigenvalue weighted by molar-refractivity contribution is -0.121. The van der Waals surface area contributed by atoms with Crippen molar-refractivity contribution in [3.05, 3.63) is 58.0 Å². The van der Waals surface area contributed by atoms with E-state index < -0.39 is 0 Å². The number of hydrogen-bond donors (Lipinski definition) is 2.